The molecule has 182 valence electrons. The number of H-pyrrole nitrogens is 1. The zero-order chi connectivity index (χ0) is 24.8. The SMILES string of the molecule is O=C(O)CC[C@H](NC(=O)Cc1ccsc1)C(=O)N1c2ncccc2C[C@H]1C(=O)NCc1nn[nH]n1. The molecular weight excluding hydrogens is 476 g/mol. The molecule has 0 radical (unpaired) electrons. The van der Waals surface area contributed by atoms with E-state index >= 15 is 0 Å². The van der Waals surface area contributed by atoms with Crippen LogP contribution in [0.1, 0.15) is 29.8 Å². The molecule has 0 saturated heterocycles. The molecule has 4 heterocycles. The van der Waals surface area contributed by atoms with Gasteiger partial charge in [-0.05, 0) is 40.4 Å². The standard InChI is InChI=1S/C21H22N8O5S/c30-17(8-12-5-7-35-11-12)24-14(3-4-18(31)32)21(34)29-15(9-13-2-1-6-22-19(13)29)20(33)23-10-16-25-27-28-26-16/h1-2,5-7,11,14-15H,3-4,8-10H2,(H,23,33)(H,24,30)(H,31,32)(H,25,26,27,28)/t14-,15-/m0/s1. The molecular formula is C21H22N8O5S. The number of anilines is 1. The van der Waals surface area contributed by atoms with Gasteiger partial charge in [0.15, 0.2) is 5.82 Å². The molecule has 0 unspecified atom stereocenters. The van der Waals surface area contributed by atoms with E-state index in [2.05, 4.69) is 36.2 Å². The number of thiophene rings is 1. The van der Waals surface area contributed by atoms with E-state index in [1.165, 1.54) is 22.4 Å². The largest absolute Gasteiger partial charge is 0.481 e. The smallest absolute Gasteiger partial charge is 0.303 e. The van der Waals surface area contributed by atoms with Crippen molar-refractivity contribution in [1.82, 2.24) is 36.2 Å². The third-order valence-corrected chi connectivity index (χ3v) is 6.13. The third-order valence-electron chi connectivity index (χ3n) is 5.40. The number of nitrogens with one attached hydrogen (secondary N) is 3. The molecule has 0 fully saturated rings. The number of hydrogen-bond donors (Lipinski definition) is 4. The lowest BCUT2D eigenvalue weighted by Gasteiger charge is -2.28. The second kappa shape index (κ2) is 10.8. The maximum absolute atomic E-state index is 13.7. The van der Waals surface area contributed by atoms with Crippen LogP contribution in [0.25, 0.3) is 0 Å². The van der Waals surface area contributed by atoms with E-state index in [9.17, 15) is 24.3 Å². The van der Waals surface area contributed by atoms with E-state index in [-0.39, 0.29) is 38.1 Å². The zero-order valence-electron chi connectivity index (χ0n) is 18.4. The van der Waals surface area contributed by atoms with E-state index in [0.29, 0.717) is 11.4 Å². The number of aliphatic carboxylic acids is 1. The number of amides is 3. The number of carbonyl (C=O) groups is 4. The van der Waals surface area contributed by atoms with E-state index in [1.807, 2.05) is 10.8 Å². The summed E-state index contributed by atoms with van der Waals surface area (Å²) in [6, 6.07) is 3.16. The highest BCUT2D eigenvalue weighted by Crippen LogP contribution is 2.31. The third kappa shape index (κ3) is 5.84. The summed E-state index contributed by atoms with van der Waals surface area (Å²) in [7, 11) is 0. The summed E-state index contributed by atoms with van der Waals surface area (Å²) >= 11 is 1.44. The number of carbonyl (C=O) groups excluding carboxylic acids is 3. The highest BCUT2D eigenvalue weighted by Gasteiger charge is 2.42. The summed E-state index contributed by atoms with van der Waals surface area (Å²) in [5.41, 5.74) is 1.46. The number of aromatic amines is 1. The number of nitrogens with zero attached hydrogens (tertiary/aromatic N) is 5. The Balaban J connectivity index is 1.55. The van der Waals surface area contributed by atoms with Crippen molar-refractivity contribution in [1.29, 1.82) is 0 Å². The molecule has 0 saturated carbocycles. The van der Waals surface area contributed by atoms with Crippen molar-refractivity contribution in [2.24, 2.45) is 0 Å². The predicted octanol–water partition coefficient (Wildman–Crippen LogP) is -0.177. The summed E-state index contributed by atoms with van der Waals surface area (Å²) in [6.07, 6.45) is 1.28. The molecule has 35 heavy (non-hydrogen) atoms. The van der Waals surface area contributed by atoms with Crippen LogP contribution in [0.3, 0.4) is 0 Å². The maximum atomic E-state index is 13.7. The number of pyridine rings is 1. The van der Waals surface area contributed by atoms with Crippen molar-refractivity contribution in [3.63, 3.8) is 0 Å². The van der Waals surface area contributed by atoms with Crippen LogP contribution in [-0.2, 0) is 38.6 Å². The van der Waals surface area contributed by atoms with Crippen molar-refractivity contribution in [3.05, 3.63) is 52.1 Å². The average molecular weight is 499 g/mol. The van der Waals surface area contributed by atoms with Gasteiger partial charge in [-0.15, -0.1) is 10.2 Å². The second-order valence-corrected chi connectivity index (χ2v) is 8.60. The minimum absolute atomic E-state index is 0.00252. The second-order valence-electron chi connectivity index (χ2n) is 7.82. The Kier molecular flexibility index (Phi) is 7.40. The molecule has 1 aliphatic heterocycles. The Morgan fingerprint density at radius 2 is 2.14 bits per heavy atom. The van der Waals surface area contributed by atoms with Crippen molar-refractivity contribution < 1.29 is 24.3 Å². The molecule has 0 aromatic carbocycles. The van der Waals surface area contributed by atoms with Gasteiger partial charge in [0.05, 0.1) is 13.0 Å². The zero-order valence-corrected chi connectivity index (χ0v) is 19.2. The summed E-state index contributed by atoms with van der Waals surface area (Å²) in [5, 5.41) is 31.5. The number of hydrogen-bond acceptors (Lipinski definition) is 9. The van der Waals surface area contributed by atoms with Crippen LogP contribution in [0.15, 0.2) is 35.2 Å². The van der Waals surface area contributed by atoms with Crippen molar-refractivity contribution >= 4 is 40.8 Å². The normalized spacial score (nSPS) is 15.3. The number of aromatic nitrogens is 5. The molecule has 1 aliphatic rings. The first kappa shape index (κ1) is 23.9. The topological polar surface area (TPSA) is 183 Å². The first-order valence-electron chi connectivity index (χ1n) is 10.7. The molecule has 13 nitrogen and oxygen atoms in total. The van der Waals surface area contributed by atoms with Crippen LogP contribution >= 0.6 is 11.3 Å². The van der Waals surface area contributed by atoms with Crippen molar-refractivity contribution in [2.75, 3.05) is 4.90 Å². The van der Waals surface area contributed by atoms with E-state index < -0.39 is 35.8 Å². The Morgan fingerprint density at radius 1 is 1.29 bits per heavy atom. The van der Waals surface area contributed by atoms with Gasteiger partial charge in [-0.25, -0.2) is 4.98 Å². The van der Waals surface area contributed by atoms with Crippen molar-refractivity contribution in [3.8, 4) is 0 Å². The highest BCUT2D eigenvalue weighted by atomic mass is 32.1. The van der Waals surface area contributed by atoms with Crippen molar-refractivity contribution in [2.45, 2.75) is 44.3 Å². The van der Waals surface area contributed by atoms with Gasteiger partial charge in [0.2, 0.25) is 11.8 Å². The summed E-state index contributed by atoms with van der Waals surface area (Å²) in [5.74, 6) is -2.05. The number of tetrazole rings is 1. The molecule has 14 heteroatoms. The highest BCUT2D eigenvalue weighted by molar-refractivity contribution is 7.08. The number of carboxylic acid groups (broad SMARTS) is 1. The lowest BCUT2D eigenvalue weighted by molar-refractivity contribution is -0.138. The van der Waals surface area contributed by atoms with Crippen LogP contribution in [0, 0.1) is 0 Å². The quantitative estimate of drug-likeness (QED) is 0.294. The minimum Gasteiger partial charge on any atom is -0.481 e. The molecule has 4 rings (SSSR count). The van der Waals surface area contributed by atoms with Crippen LogP contribution < -0.4 is 15.5 Å². The first-order valence-corrected chi connectivity index (χ1v) is 11.7. The monoisotopic (exact) mass is 498 g/mol. The summed E-state index contributed by atoms with van der Waals surface area (Å²) < 4.78 is 0. The van der Waals surface area contributed by atoms with Gasteiger partial charge in [-0.2, -0.15) is 16.6 Å². The van der Waals surface area contributed by atoms with Crippen LogP contribution in [0.2, 0.25) is 0 Å². The molecule has 0 aliphatic carbocycles. The van der Waals surface area contributed by atoms with Gasteiger partial charge < -0.3 is 15.7 Å². The molecule has 3 aromatic heterocycles. The first-order chi connectivity index (χ1) is 16.9. The lowest BCUT2D eigenvalue weighted by atomic mass is 10.1. The van der Waals surface area contributed by atoms with Gasteiger partial charge in [0, 0.05) is 19.0 Å². The van der Waals surface area contributed by atoms with Gasteiger partial charge in [0.1, 0.15) is 17.9 Å². The fraction of sp³-hybridized carbons (Fsp3) is 0.333. The van der Waals surface area contributed by atoms with Gasteiger partial charge in [-0.3, -0.25) is 24.1 Å². The van der Waals surface area contributed by atoms with Crippen LogP contribution in [-0.4, -0.2) is 66.5 Å². The summed E-state index contributed by atoms with van der Waals surface area (Å²) in [4.78, 5) is 56.1. The molecule has 4 N–H and O–H groups in total. The maximum Gasteiger partial charge on any atom is 0.303 e. The van der Waals surface area contributed by atoms with E-state index in [1.54, 1.807) is 18.2 Å². The van der Waals surface area contributed by atoms with Crippen LogP contribution in [0.4, 0.5) is 5.82 Å². The Morgan fingerprint density at radius 3 is 2.86 bits per heavy atom. The molecule has 0 spiro atoms. The summed E-state index contributed by atoms with van der Waals surface area (Å²) in [6.45, 7) is -0.00252. The van der Waals surface area contributed by atoms with E-state index in [0.717, 1.165) is 5.56 Å². The number of fused-ring (bicyclic) bond motifs is 1. The number of carboxylic acids is 1. The average Bonchev–Trinajstić information content (AvgIpc) is 3.60. The number of rotatable bonds is 10. The molecule has 3 aromatic rings. The van der Waals surface area contributed by atoms with Gasteiger partial charge in [0.25, 0.3) is 5.91 Å². The van der Waals surface area contributed by atoms with Gasteiger partial charge >= 0.3 is 5.97 Å². The lowest BCUT2D eigenvalue weighted by Crippen LogP contribution is -2.55. The fourth-order valence-electron chi connectivity index (χ4n) is 3.78. The molecule has 2 atom stereocenters. The molecule has 0 bridgehead atoms. The van der Waals surface area contributed by atoms with E-state index in [4.69, 9.17) is 0 Å². The minimum atomic E-state index is -1.15. The van der Waals surface area contributed by atoms with Crippen LogP contribution in [0.5, 0.6) is 0 Å². The Bertz CT molecular complexity index is 1200. The Labute approximate surface area is 202 Å². The molecule has 3 amide bonds. The fourth-order valence-corrected chi connectivity index (χ4v) is 4.45. The van der Waals surface area contributed by atoms with Gasteiger partial charge in [-0.1, -0.05) is 11.3 Å². The predicted molar refractivity (Wildman–Crippen MR) is 122 cm³/mol. The Hall–Kier alpha value is -4.20.